The van der Waals surface area contributed by atoms with Crippen LogP contribution in [0.5, 0.6) is 5.75 Å². The molecular formula is C14H20O3. The number of rotatable bonds is 5. The van der Waals surface area contributed by atoms with Crippen LogP contribution in [0, 0.1) is 0 Å². The molecular weight excluding hydrogens is 216 g/mol. The van der Waals surface area contributed by atoms with Gasteiger partial charge in [0, 0.05) is 5.56 Å². The van der Waals surface area contributed by atoms with Gasteiger partial charge in [-0.05, 0) is 18.6 Å². The van der Waals surface area contributed by atoms with Crippen molar-refractivity contribution < 1.29 is 14.2 Å². The van der Waals surface area contributed by atoms with Gasteiger partial charge >= 0.3 is 0 Å². The maximum atomic E-state index is 5.86. The van der Waals surface area contributed by atoms with Crippen LogP contribution in [0.15, 0.2) is 24.3 Å². The molecule has 3 nitrogen and oxygen atoms in total. The highest BCUT2D eigenvalue weighted by Gasteiger charge is 2.26. The van der Waals surface area contributed by atoms with Crippen LogP contribution in [0.25, 0.3) is 0 Å². The van der Waals surface area contributed by atoms with Gasteiger partial charge in [-0.3, -0.25) is 0 Å². The van der Waals surface area contributed by atoms with Crippen LogP contribution in [-0.2, 0) is 9.47 Å². The average molecular weight is 236 g/mol. The molecule has 0 spiro atoms. The second-order valence-corrected chi connectivity index (χ2v) is 4.34. The van der Waals surface area contributed by atoms with Gasteiger partial charge in [-0.2, -0.15) is 0 Å². The van der Waals surface area contributed by atoms with Crippen LogP contribution < -0.4 is 4.74 Å². The van der Waals surface area contributed by atoms with Crippen molar-refractivity contribution in [1.29, 1.82) is 0 Å². The summed E-state index contributed by atoms with van der Waals surface area (Å²) in [7, 11) is 1.67. The highest BCUT2D eigenvalue weighted by Crippen LogP contribution is 2.29. The third kappa shape index (κ3) is 3.20. The Balaban J connectivity index is 1.90. The van der Waals surface area contributed by atoms with Crippen LogP contribution in [0.4, 0.5) is 0 Å². The normalized spacial score (nSPS) is 23.9. The van der Waals surface area contributed by atoms with E-state index < -0.39 is 0 Å². The summed E-state index contributed by atoms with van der Waals surface area (Å²) in [6.07, 6.45) is 3.53. The van der Waals surface area contributed by atoms with Gasteiger partial charge in [0.2, 0.25) is 0 Å². The summed E-state index contributed by atoms with van der Waals surface area (Å²) in [6.45, 7) is 2.90. The lowest BCUT2D eigenvalue weighted by molar-refractivity contribution is -0.0613. The van der Waals surface area contributed by atoms with Gasteiger partial charge in [0.15, 0.2) is 6.29 Å². The van der Waals surface area contributed by atoms with Crippen molar-refractivity contribution in [3.63, 3.8) is 0 Å². The van der Waals surface area contributed by atoms with Gasteiger partial charge in [0.1, 0.15) is 5.75 Å². The topological polar surface area (TPSA) is 27.7 Å². The molecule has 2 rings (SSSR count). The fraction of sp³-hybridized carbons (Fsp3) is 0.571. The maximum absolute atomic E-state index is 5.86. The van der Waals surface area contributed by atoms with E-state index in [9.17, 15) is 0 Å². The average Bonchev–Trinajstić information content (AvgIpc) is 2.85. The molecule has 1 fully saturated rings. The second-order valence-electron chi connectivity index (χ2n) is 4.34. The number of ether oxygens (including phenoxy) is 3. The van der Waals surface area contributed by atoms with Crippen LogP contribution in [0.3, 0.4) is 0 Å². The number of unbranched alkanes of at least 4 members (excludes halogenated alkanes) is 1. The zero-order valence-corrected chi connectivity index (χ0v) is 10.5. The molecule has 1 unspecified atom stereocenters. The van der Waals surface area contributed by atoms with Gasteiger partial charge in [0.05, 0.1) is 19.8 Å². The van der Waals surface area contributed by atoms with Gasteiger partial charge in [0.25, 0.3) is 0 Å². The van der Waals surface area contributed by atoms with Crippen LogP contribution in [0.2, 0.25) is 0 Å². The van der Waals surface area contributed by atoms with E-state index in [1.807, 2.05) is 24.3 Å². The summed E-state index contributed by atoms with van der Waals surface area (Å²) < 4.78 is 16.6. The van der Waals surface area contributed by atoms with E-state index in [2.05, 4.69) is 6.92 Å². The molecule has 1 heterocycles. The first-order valence-corrected chi connectivity index (χ1v) is 6.24. The molecule has 0 amide bonds. The molecule has 0 bridgehead atoms. The first-order valence-electron chi connectivity index (χ1n) is 6.24. The molecule has 17 heavy (non-hydrogen) atoms. The molecule has 94 valence electrons. The second kappa shape index (κ2) is 6.03. The van der Waals surface area contributed by atoms with E-state index in [-0.39, 0.29) is 12.4 Å². The molecule has 0 radical (unpaired) electrons. The Morgan fingerprint density at radius 1 is 1.29 bits per heavy atom. The quantitative estimate of drug-likeness (QED) is 0.785. The molecule has 0 aromatic heterocycles. The Kier molecular flexibility index (Phi) is 4.40. The first kappa shape index (κ1) is 12.4. The Morgan fingerprint density at radius 2 is 2.06 bits per heavy atom. The van der Waals surface area contributed by atoms with Gasteiger partial charge < -0.3 is 14.2 Å². The molecule has 1 aromatic carbocycles. The molecule has 0 saturated carbocycles. The van der Waals surface area contributed by atoms with Crippen molar-refractivity contribution in [2.75, 3.05) is 13.7 Å². The lowest BCUT2D eigenvalue weighted by atomic mass is 10.2. The summed E-state index contributed by atoms with van der Waals surface area (Å²) in [5, 5.41) is 0. The zero-order chi connectivity index (χ0) is 12.1. The lowest BCUT2D eigenvalue weighted by Crippen LogP contribution is -2.09. The number of methoxy groups -OCH3 is 1. The van der Waals surface area contributed by atoms with Gasteiger partial charge in [-0.15, -0.1) is 0 Å². The first-order chi connectivity index (χ1) is 8.33. The lowest BCUT2D eigenvalue weighted by Gasteiger charge is -2.11. The standard InChI is InChI=1S/C14H20O3/c1-3-4-5-13-10-16-14(17-13)11-6-8-12(15-2)9-7-11/h6-9,13-14H,3-5,10H2,1-2H3/t13-,14?/m0/s1. The Morgan fingerprint density at radius 3 is 2.71 bits per heavy atom. The van der Waals surface area contributed by atoms with Crippen LogP contribution in [0.1, 0.15) is 38.0 Å². The Bertz CT molecular complexity index is 334. The number of hydrogen-bond donors (Lipinski definition) is 0. The van der Waals surface area contributed by atoms with Crippen molar-refractivity contribution in [3.05, 3.63) is 29.8 Å². The third-order valence-corrected chi connectivity index (χ3v) is 3.02. The minimum absolute atomic E-state index is 0.206. The van der Waals surface area contributed by atoms with Crippen molar-refractivity contribution in [2.24, 2.45) is 0 Å². The minimum Gasteiger partial charge on any atom is -0.497 e. The summed E-state index contributed by atoms with van der Waals surface area (Å²) in [5.41, 5.74) is 1.06. The molecule has 1 aliphatic heterocycles. The monoisotopic (exact) mass is 236 g/mol. The van der Waals surface area contributed by atoms with E-state index in [1.54, 1.807) is 7.11 Å². The van der Waals surface area contributed by atoms with E-state index >= 15 is 0 Å². The smallest absolute Gasteiger partial charge is 0.184 e. The highest BCUT2D eigenvalue weighted by atomic mass is 16.7. The third-order valence-electron chi connectivity index (χ3n) is 3.02. The van der Waals surface area contributed by atoms with Crippen LogP contribution in [-0.4, -0.2) is 19.8 Å². The minimum atomic E-state index is -0.206. The summed E-state index contributed by atoms with van der Waals surface area (Å²) in [5.74, 6) is 0.856. The fourth-order valence-electron chi connectivity index (χ4n) is 1.97. The number of hydrogen-bond acceptors (Lipinski definition) is 3. The molecule has 3 heteroatoms. The molecule has 1 aliphatic rings. The molecule has 1 aromatic rings. The van der Waals surface area contributed by atoms with Gasteiger partial charge in [-0.1, -0.05) is 31.9 Å². The molecule has 0 N–H and O–H groups in total. The largest absolute Gasteiger partial charge is 0.497 e. The molecule has 2 atom stereocenters. The number of benzene rings is 1. The van der Waals surface area contributed by atoms with E-state index in [4.69, 9.17) is 14.2 Å². The van der Waals surface area contributed by atoms with Crippen molar-refractivity contribution in [3.8, 4) is 5.75 Å². The summed E-state index contributed by atoms with van der Waals surface area (Å²) in [6, 6.07) is 7.85. The predicted octanol–water partition coefficient (Wildman–Crippen LogP) is 3.30. The zero-order valence-electron chi connectivity index (χ0n) is 10.5. The maximum Gasteiger partial charge on any atom is 0.184 e. The van der Waals surface area contributed by atoms with Crippen LogP contribution >= 0.6 is 0 Å². The molecule has 0 aliphatic carbocycles. The van der Waals surface area contributed by atoms with E-state index in [0.717, 1.165) is 17.7 Å². The van der Waals surface area contributed by atoms with E-state index in [0.29, 0.717) is 6.61 Å². The molecule has 1 saturated heterocycles. The Hall–Kier alpha value is -1.06. The van der Waals surface area contributed by atoms with E-state index in [1.165, 1.54) is 12.8 Å². The SMILES string of the molecule is CCCC[C@H]1COC(c2ccc(OC)cc2)O1. The van der Waals surface area contributed by atoms with Crippen molar-refractivity contribution >= 4 is 0 Å². The van der Waals surface area contributed by atoms with Gasteiger partial charge in [-0.25, -0.2) is 0 Å². The van der Waals surface area contributed by atoms with Crippen molar-refractivity contribution in [1.82, 2.24) is 0 Å². The predicted molar refractivity (Wildman–Crippen MR) is 66.1 cm³/mol. The highest BCUT2D eigenvalue weighted by molar-refractivity contribution is 5.28. The Labute approximate surface area is 103 Å². The summed E-state index contributed by atoms with van der Waals surface area (Å²) >= 11 is 0. The fourth-order valence-corrected chi connectivity index (χ4v) is 1.97. The summed E-state index contributed by atoms with van der Waals surface area (Å²) in [4.78, 5) is 0. The van der Waals surface area contributed by atoms with Crippen molar-refractivity contribution in [2.45, 2.75) is 38.6 Å².